The van der Waals surface area contributed by atoms with Crippen LogP contribution in [0.4, 0.5) is 0 Å². The smallest absolute Gasteiger partial charge is 0.130 e. The molecule has 0 saturated carbocycles. The van der Waals surface area contributed by atoms with E-state index in [9.17, 15) is 5.11 Å². The van der Waals surface area contributed by atoms with Crippen molar-refractivity contribution in [3.8, 4) is 5.75 Å². The van der Waals surface area contributed by atoms with Gasteiger partial charge in [-0.1, -0.05) is 13.8 Å². The molecular weight excluding hydrogens is 276 g/mol. The number of piperidine rings is 1. The summed E-state index contributed by atoms with van der Waals surface area (Å²) in [5.74, 6) is 2.32. The zero-order valence-electron chi connectivity index (χ0n) is 13.7. The SMILES string of the molecule is COc1ccc2[nH]cc([C@@H](O)C[NH+]3C[C@H](C)C[C@H](C)C3)c2c1. The summed E-state index contributed by atoms with van der Waals surface area (Å²) in [5, 5.41) is 11.8. The average molecular weight is 303 g/mol. The van der Waals surface area contributed by atoms with E-state index in [-0.39, 0.29) is 0 Å². The summed E-state index contributed by atoms with van der Waals surface area (Å²) in [7, 11) is 1.67. The molecule has 4 heteroatoms. The van der Waals surface area contributed by atoms with Crippen LogP contribution < -0.4 is 9.64 Å². The lowest BCUT2D eigenvalue weighted by atomic mass is 9.91. The van der Waals surface area contributed by atoms with Crippen molar-refractivity contribution in [2.24, 2.45) is 11.8 Å². The maximum Gasteiger partial charge on any atom is 0.130 e. The van der Waals surface area contributed by atoms with Gasteiger partial charge < -0.3 is 19.7 Å². The van der Waals surface area contributed by atoms with E-state index in [1.54, 1.807) is 7.11 Å². The van der Waals surface area contributed by atoms with Crippen LogP contribution in [0.2, 0.25) is 0 Å². The molecule has 1 aliphatic rings. The second-order valence-corrected chi connectivity index (χ2v) is 6.98. The summed E-state index contributed by atoms with van der Waals surface area (Å²) < 4.78 is 5.30. The first kappa shape index (κ1) is 15.4. The second-order valence-electron chi connectivity index (χ2n) is 6.98. The fraction of sp³-hybridized carbons (Fsp3) is 0.556. The summed E-state index contributed by atoms with van der Waals surface area (Å²) in [6.07, 6.45) is 2.81. The highest BCUT2D eigenvalue weighted by atomic mass is 16.5. The minimum atomic E-state index is -0.437. The zero-order chi connectivity index (χ0) is 15.7. The third-order valence-electron chi connectivity index (χ3n) is 4.84. The molecule has 3 rings (SSSR count). The Bertz CT molecular complexity index is 627. The number of nitrogens with one attached hydrogen (secondary N) is 2. The largest absolute Gasteiger partial charge is 0.497 e. The highest BCUT2D eigenvalue weighted by molar-refractivity contribution is 5.85. The minimum absolute atomic E-state index is 0.437. The third kappa shape index (κ3) is 3.13. The lowest BCUT2D eigenvalue weighted by Crippen LogP contribution is -3.14. The zero-order valence-corrected chi connectivity index (χ0v) is 13.7. The van der Waals surface area contributed by atoms with E-state index in [2.05, 4.69) is 18.8 Å². The van der Waals surface area contributed by atoms with Gasteiger partial charge in [0.1, 0.15) is 18.4 Å². The van der Waals surface area contributed by atoms with Gasteiger partial charge in [-0.2, -0.15) is 0 Å². The van der Waals surface area contributed by atoms with Crippen molar-refractivity contribution in [2.45, 2.75) is 26.4 Å². The van der Waals surface area contributed by atoms with Gasteiger partial charge in [-0.3, -0.25) is 0 Å². The van der Waals surface area contributed by atoms with Gasteiger partial charge in [0, 0.05) is 34.5 Å². The Morgan fingerprint density at radius 3 is 2.73 bits per heavy atom. The van der Waals surface area contributed by atoms with Crippen molar-refractivity contribution in [1.29, 1.82) is 0 Å². The molecule has 0 bridgehead atoms. The number of ether oxygens (including phenoxy) is 1. The first-order valence-electron chi connectivity index (χ1n) is 8.23. The molecule has 0 spiro atoms. The van der Waals surface area contributed by atoms with Crippen LogP contribution in [0.25, 0.3) is 10.9 Å². The van der Waals surface area contributed by atoms with Gasteiger partial charge in [-0.15, -0.1) is 0 Å². The topological polar surface area (TPSA) is 49.7 Å². The van der Waals surface area contributed by atoms with Crippen LogP contribution in [0, 0.1) is 11.8 Å². The highest BCUT2D eigenvalue weighted by Crippen LogP contribution is 2.27. The Hall–Kier alpha value is -1.52. The van der Waals surface area contributed by atoms with Gasteiger partial charge in [0.05, 0.1) is 20.2 Å². The molecule has 1 aromatic heterocycles. The van der Waals surface area contributed by atoms with Gasteiger partial charge in [-0.05, 0) is 24.6 Å². The highest BCUT2D eigenvalue weighted by Gasteiger charge is 2.28. The monoisotopic (exact) mass is 303 g/mol. The lowest BCUT2D eigenvalue weighted by Gasteiger charge is -2.33. The predicted molar refractivity (Wildman–Crippen MR) is 88.3 cm³/mol. The van der Waals surface area contributed by atoms with Crippen LogP contribution in [-0.2, 0) is 0 Å². The number of H-pyrrole nitrogens is 1. The Morgan fingerprint density at radius 2 is 2.05 bits per heavy atom. The van der Waals surface area contributed by atoms with E-state index in [0.717, 1.165) is 53.7 Å². The Balaban J connectivity index is 1.78. The summed E-state index contributed by atoms with van der Waals surface area (Å²) >= 11 is 0. The van der Waals surface area contributed by atoms with Crippen LogP contribution in [0.1, 0.15) is 31.9 Å². The van der Waals surface area contributed by atoms with Gasteiger partial charge in [0.2, 0.25) is 0 Å². The standard InChI is InChI=1S/C18H26N2O2/c1-12-6-13(2)10-20(9-12)11-18(21)16-8-19-17-5-4-14(22-3)7-15(16)17/h4-5,7-8,12-13,18-19,21H,6,9-11H2,1-3H3/p+1/t12-,13+,18-/m0/s1. The van der Waals surface area contributed by atoms with Gasteiger partial charge in [0.25, 0.3) is 0 Å². The number of likely N-dealkylation sites (tertiary alicyclic amines) is 1. The molecule has 4 atom stereocenters. The second kappa shape index (κ2) is 6.31. The Labute approximate surface area is 132 Å². The van der Waals surface area contributed by atoms with Crippen LogP contribution in [0.15, 0.2) is 24.4 Å². The summed E-state index contributed by atoms with van der Waals surface area (Å²) in [6.45, 7) is 7.73. The van der Waals surface area contributed by atoms with E-state index >= 15 is 0 Å². The molecule has 0 amide bonds. The molecular formula is C18H27N2O2+. The Morgan fingerprint density at radius 1 is 1.32 bits per heavy atom. The van der Waals surface area contributed by atoms with Crippen molar-refractivity contribution in [3.63, 3.8) is 0 Å². The molecule has 120 valence electrons. The van der Waals surface area contributed by atoms with Crippen molar-refractivity contribution >= 4 is 10.9 Å². The summed E-state index contributed by atoms with van der Waals surface area (Å²) in [5.41, 5.74) is 2.03. The fourth-order valence-electron chi connectivity index (χ4n) is 4.00. The summed E-state index contributed by atoms with van der Waals surface area (Å²) in [4.78, 5) is 4.76. The number of rotatable bonds is 4. The molecule has 1 aromatic carbocycles. The number of fused-ring (bicyclic) bond motifs is 1. The maximum atomic E-state index is 10.7. The quantitative estimate of drug-likeness (QED) is 0.806. The van der Waals surface area contributed by atoms with Crippen molar-refractivity contribution in [1.82, 2.24) is 4.98 Å². The van der Waals surface area contributed by atoms with Gasteiger partial charge >= 0.3 is 0 Å². The number of methoxy groups -OCH3 is 1. The first-order chi connectivity index (χ1) is 10.6. The number of aromatic nitrogens is 1. The number of hydrogen-bond acceptors (Lipinski definition) is 2. The van der Waals surface area contributed by atoms with E-state index in [0.29, 0.717) is 0 Å². The van der Waals surface area contributed by atoms with Crippen LogP contribution in [0.5, 0.6) is 5.75 Å². The molecule has 0 radical (unpaired) electrons. The van der Waals surface area contributed by atoms with Gasteiger partial charge in [-0.25, -0.2) is 0 Å². The van der Waals surface area contributed by atoms with Crippen LogP contribution in [-0.4, -0.2) is 36.8 Å². The molecule has 1 fully saturated rings. The molecule has 22 heavy (non-hydrogen) atoms. The molecule has 1 saturated heterocycles. The maximum absolute atomic E-state index is 10.7. The van der Waals surface area contributed by atoms with Gasteiger partial charge in [0.15, 0.2) is 0 Å². The number of aromatic amines is 1. The number of aliphatic hydroxyl groups is 1. The normalized spacial score (nSPS) is 27.0. The molecule has 3 N–H and O–H groups in total. The van der Waals surface area contributed by atoms with Crippen molar-refractivity contribution in [2.75, 3.05) is 26.7 Å². The number of benzene rings is 1. The van der Waals surface area contributed by atoms with Crippen molar-refractivity contribution in [3.05, 3.63) is 30.0 Å². The van der Waals surface area contributed by atoms with Crippen LogP contribution >= 0.6 is 0 Å². The van der Waals surface area contributed by atoms with E-state index < -0.39 is 6.10 Å². The Kier molecular flexibility index (Phi) is 4.41. The molecule has 4 nitrogen and oxygen atoms in total. The predicted octanol–water partition coefficient (Wildman–Crippen LogP) is 1.77. The molecule has 1 unspecified atom stereocenters. The number of hydrogen-bond donors (Lipinski definition) is 3. The molecule has 2 heterocycles. The first-order valence-corrected chi connectivity index (χ1v) is 8.23. The molecule has 2 aromatic rings. The third-order valence-corrected chi connectivity index (χ3v) is 4.84. The average Bonchev–Trinajstić information content (AvgIpc) is 2.88. The van der Waals surface area contributed by atoms with E-state index in [1.165, 1.54) is 11.3 Å². The number of quaternary nitrogens is 1. The minimum Gasteiger partial charge on any atom is -0.497 e. The summed E-state index contributed by atoms with van der Waals surface area (Å²) in [6, 6.07) is 5.94. The van der Waals surface area contributed by atoms with E-state index in [1.807, 2.05) is 24.4 Å². The fourth-order valence-corrected chi connectivity index (χ4v) is 4.00. The van der Waals surface area contributed by atoms with E-state index in [4.69, 9.17) is 4.74 Å². The lowest BCUT2D eigenvalue weighted by molar-refractivity contribution is -0.915. The molecule has 0 aliphatic carbocycles. The number of aliphatic hydroxyl groups excluding tert-OH is 1. The molecule has 1 aliphatic heterocycles. The van der Waals surface area contributed by atoms with Crippen molar-refractivity contribution < 1.29 is 14.7 Å². The van der Waals surface area contributed by atoms with Crippen LogP contribution in [0.3, 0.4) is 0 Å².